The van der Waals surface area contributed by atoms with Crippen molar-refractivity contribution in [1.29, 1.82) is 0 Å². The number of aromatic nitrogens is 1. The second-order valence-electron chi connectivity index (χ2n) is 9.47. The number of carbonyl (C=O) groups excluding carboxylic acids is 1. The first-order chi connectivity index (χ1) is 14.4. The molecule has 1 amide bonds. The molecule has 1 aromatic carbocycles. The minimum absolute atomic E-state index is 0.178. The average molecular weight is 408 g/mol. The van der Waals surface area contributed by atoms with Crippen molar-refractivity contribution in [3.05, 3.63) is 59.8 Å². The first kappa shape index (κ1) is 20.9. The van der Waals surface area contributed by atoms with Gasteiger partial charge in [-0.1, -0.05) is 36.4 Å². The maximum Gasteiger partial charge on any atom is 0.416 e. The Kier molecular flexibility index (Phi) is 6.09. The number of carbonyl (C=O) groups is 1. The normalized spacial score (nSPS) is 20.0. The van der Waals surface area contributed by atoms with Crippen molar-refractivity contribution in [1.82, 2.24) is 9.88 Å². The van der Waals surface area contributed by atoms with Crippen molar-refractivity contribution < 1.29 is 9.53 Å². The Labute approximate surface area is 180 Å². The summed E-state index contributed by atoms with van der Waals surface area (Å²) in [4.78, 5) is 22.3. The fourth-order valence-electron chi connectivity index (χ4n) is 4.42. The SMILES string of the molecule is CC(C)(C)OC(=O)N(c1ncccc1[C@H]1CCCN1Cc1ccccc1)C1CCC1. The van der Waals surface area contributed by atoms with Crippen LogP contribution in [-0.4, -0.2) is 34.2 Å². The first-order valence-corrected chi connectivity index (χ1v) is 11.2. The Bertz CT molecular complexity index is 858. The monoisotopic (exact) mass is 407 g/mol. The highest BCUT2D eigenvalue weighted by Crippen LogP contribution is 2.40. The van der Waals surface area contributed by atoms with Gasteiger partial charge in [-0.2, -0.15) is 0 Å². The number of hydrogen-bond acceptors (Lipinski definition) is 4. The maximum absolute atomic E-state index is 13.2. The van der Waals surface area contributed by atoms with E-state index >= 15 is 0 Å². The van der Waals surface area contributed by atoms with Gasteiger partial charge in [0.05, 0.1) is 0 Å². The zero-order chi connectivity index (χ0) is 21.1. The van der Waals surface area contributed by atoms with E-state index in [4.69, 9.17) is 9.72 Å². The highest BCUT2D eigenvalue weighted by molar-refractivity contribution is 5.88. The van der Waals surface area contributed by atoms with Gasteiger partial charge in [0.2, 0.25) is 0 Å². The van der Waals surface area contributed by atoms with E-state index < -0.39 is 5.60 Å². The van der Waals surface area contributed by atoms with Crippen LogP contribution in [0.5, 0.6) is 0 Å². The summed E-state index contributed by atoms with van der Waals surface area (Å²) in [5, 5.41) is 0. The summed E-state index contributed by atoms with van der Waals surface area (Å²) in [6.45, 7) is 7.73. The number of benzene rings is 1. The van der Waals surface area contributed by atoms with E-state index in [9.17, 15) is 4.79 Å². The van der Waals surface area contributed by atoms with E-state index in [-0.39, 0.29) is 18.2 Å². The molecule has 1 saturated heterocycles. The summed E-state index contributed by atoms with van der Waals surface area (Å²) >= 11 is 0. The molecule has 1 aromatic heterocycles. The van der Waals surface area contributed by atoms with Gasteiger partial charge in [0.25, 0.3) is 0 Å². The van der Waals surface area contributed by atoms with E-state index in [1.165, 1.54) is 5.56 Å². The van der Waals surface area contributed by atoms with Gasteiger partial charge in [-0.15, -0.1) is 0 Å². The van der Waals surface area contributed by atoms with Crippen molar-refractivity contribution in [2.45, 2.75) is 77.1 Å². The molecule has 1 atom stereocenters. The van der Waals surface area contributed by atoms with E-state index in [1.807, 2.05) is 31.7 Å². The van der Waals surface area contributed by atoms with Gasteiger partial charge in [-0.05, 0) is 71.0 Å². The molecule has 2 heterocycles. The fourth-order valence-corrected chi connectivity index (χ4v) is 4.42. The predicted molar refractivity (Wildman–Crippen MR) is 119 cm³/mol. The second kappa shape index (κ2) is 8.76. The molecule has 1 saturated carbocycles. The third-order valence-electron chi connectivity index (χ3n) is 6.03. The van der Waals surface area contributed by atoms with Crippen LogP contribution in [0.25, 0.3) is 0 Å². The Morgan fingerprint density at radius 2 is 1.87 bits per heavy atom. The molecule has 0 bridgehead atoms. The smallest absolute Gasteiger partial charge is 0.416 e. The zero-order valence-electron chi connectivity index (χ0n) is 18.4. The van der Waals surface area contributed by atoms with Crippen LogP contribution in [-0.2, 0) is 11.3 Å². The third-order valence-corrected chi connectivity index (χ3v) is 6.03. The van der Waals surface area contributed by atoms with Gasteiger partial charge in [0.15, 0.2) is 0 Å². The molecule has 1 aliphatic carbocycles. The van der Waals surface area contributed by atoms with Crippen molar-refractivity contribution in [3.8, 4) is 0 Å². The molecule has 2 fully saturated rings. The number of anilines is 1. The molecule has 2 aromatic rings. The van der Waals surface area contributed by atoms with Crippen LogP contribution >= 0.6 is 0 Å². The summed E-state index contributed by atoms with van der Waals surface area (Å²) in [5.74, 6) is 0.779. The van der Waals surface area contributed by atoms with Gasteiger partial charge in [0, 0.05) is 30.4 Å². The Balaban J connectivity index is 1.64. The first-order valence-electron chi connectivity index (χ1n) is 11.2. The van der Waals surface area contributed by atoms with Gasteiger partial charge >= 0.3 is 6.09 Å². The number of likely N-dealkylation sites (tertiary alicyclic amines) is 1. The number of amides is 1. The van der Waals surface area contributed by atoms with Gasteiger partial charge < -0.3 is 4.74 Å². The summed E-state index contributed by atoms with van der Waals surface area (Å²) in [7, 11) is 0. The molecule has 0 radical (unpaired) electrons. The minimum Gasteiger partial charge on any atom is -0.443 e. The standard InChI is InChI=1S/C25H33N3O2/c1-25(2,3)30-24(29)28(20-12-7-13-20)23-21(14-8-16-26-23)22-15-9-17-27(22)18-19-10-5-4-6-11-19/h4-6,8,10-11,14,16,20,22H,7,9,12-13,15,17-18H2,1-3H3/t22-/m1/s1. The van der Waals surface area contributed by atoms with Crippen LogP contribution in [0.15, 0.2) is 48.7 Å². The largest absolute Gasteiger partial charge is 0.443 e. The molecule has 0 N–H and O–H groups in total. The van der Waals surface area contributed by atoms with Crippen molar-refractivity contribution in [3.63, 3.8) is 0 Å². The van der Waals surface area contributed by atoms with Crippen LogP contribution in [0.4, 0.5) is 10.6 Å². The van der Waals surface area contributed by atoms with Gasteiger partial charge in [-0.25, -0.2) is 9.78 Å². The number of rotatable bonds is 5. The van der Waals surface area contributed by atoms with Crippen LogP contribution in [0.3, 0.4) is 0 Å². The molecule has 5 heteroatoms. The zero-order valence-corrected chi connectivity index (χ0v) is 18.4. The lowest BCUT2D eigenvalue weighted by atomic mass is 9.91. The summed E-state index contributed by atoms with van der Waals surface area (Å²) in [6.07, 6.45) is 6.92. The minimum atomic E-state index is -0.527. The van der Waals surface area contributed by atoms with E-state index in [0.29, 0.717) is 0 Å². The molecular weight excluding hydrogens is 374 g/mol. The Hall–Kier alpha value is -2.40. The quantitative estimate of drug-likeness (QED) is 0.637. The highest BCUT2D eigenvalue weighted by Gasteiger charge is 2.37. The van der Waals surface area contributed by atoms with Crippen molar-refractivity contribution in [2.75, 3.05) is 11.4 Å². The van der Waals surface area contributed by atoms with Gasteiger partial charge in [-0.3, -0.25) is 9.80 Å². The van der Waals surface area contributed by atoms with Crippen LogP contribution < -0.4 is 4.90 Å². The van der Waals surface area contributed by atoms with E-state index in [0.717, 1.165) is 56.6 Å². The molecule has 5 nitrogen and oxygen atoms in total. The van der Waals surface area contributed by atoms with Crippen molar-refractivity contribution >= 4 is 11.9 Å². The molecule has 30 heavy (non-hydrogen) atoms. The number of hydrogen-bond donors (Lipinski definition) is 0. The topological polar surface area (TPSA) is 45.7 Å². The van der Waals surface area contributed by atoms with E-state index in [2.05, 4.69) is 41.3 Å². The molecule has 4 rings (SSSR count). The summed E-state index contributed by atoms with van der Waals surface area (Å²) in [6, 6.07) is 15.2. The second-order valence-corrected chi connectivity index (χ2v) is 9.47. The number of nitrogens with zero attached hydrogens (tertiary/aromatic N) is 3. The Morgan fingerprint density at radius 3 is 2.53 bits per heavy atom. The molecule has 160 valence electrons. The molecule has 2 aliphatic rings. The fraction of sp³-hybridized carbons (Fsp3) is 0.520. The van der Waals surface area contributed by atoms with Crippen LogP contribution in [0.2, 0.25) is 0 Å². The maximum atomic E-state index is 13.2. The molecular formula is C25H33N3O2. The number of ether oxygens (including phenoxy) is 1. The molecule has 1 aliphatic heterocycles. The van der Waals surface area contributed by atoms with Crippen LogP contribution in [0.1, 0.15) is 70.0 Å². The summed E-state index contributed by atoms with van der Waals surface area (Å²) < 4.78 is 5.78. The Morgan fingerprint density at radius 1 is 1.10 bits per heavy atom. The highest BCUT2D eigenvalue weighted by atomic mass is 16.6. The predicted octanol–water partition coefficient (Wildman–Crippen LogP) is 5.71. The molecule has 0 unspecified atom stereocenters. The lowest BCUT2D eigenvalue weighted by molar-refractivity contribution is 0.0547. The third kappa shape index (κ3) is 4.67. The summed E-state index contributed by atoms with van der Waals surface area (Å²) in [5.41, 5.74) is 1.93. The van der Waals surface area contributed by atoms with E-state index in [1.54, 1.807) is 6.20 Å². The number of pyridine rings is 1. The molecule has 0 spiro atoms. The average Bonchev–Trinajstić information content (AvgIpc) is 3.12. The van der Waals surface area contributed by atoms with Crippen molar-refractivity contribution in [2.24, 2.45) is 0 Å². The lowest BCUT2D eigenvalue weighted by Crippen LogP contribution is -2.48. The van der Waals surface area contributed by atoms with Crippen LogP contribution in [0, 0.1) is 0 Å². The van der Waals surface area contributed by atoms with Gasteiger partial charge in [0.1, 0.15) is 11.4 Å². The lowest BCUT2D eigenvalue weighted by Gasteiger charge is -2.39.